The largest absolute Gasteiger partial charge is 0.256 e. The van der Waals surface area contributed by atoms with E-state index in [9.17, 15) is 0 Å². The van der Waals surface area contributed by atoms with E-state index in [-0.39, 0.29) is 15.4 Å². The van der Waals surface area contributed by atoms with Gasteiger partial charge in [-0.1, -0.05) is 45.0 Å². The van der Waals surface area contributed by atoms with E-state index in [1.165, 1.54) is 46.6 Å². The Labute approximate surface area is 155 Å². The van der Waals surface area contributed by atoms with Gasteiger partial charge in [0.15, 0.2) is 0 Å². The molecule has 3 rings (SSSR count). The van der Waals surface area contributed by atoms with Crippen LogP contribution in [0.2, 0.25) is 0 Å². The third-order valence-corrected chi connectivity index (χ3v) is 8.36. The van der Waals surface area contributed by atoms with E-state index >= 15 is 0 Å². The van der Waals surface area contributed by atoms with Crippen LogP contribution in [0, 0.1) is 6.92 Å². The van der Waals surface area contributed by atoms with Crippen molar-refractivity contribution in [2.24, 2.45) is 0 Å². The summed E-state index contributed by atoms with van der Waals surface area (Å²) in [6, 6.07) is 11.2. The van der Waals surface area contributed by atoms with Gasteiger partial charge in [0.2, 0.25) is 0 Å². The Bertz CT molecular complexity index is 728. The molecule has 0 aliphatic carbocycles. The Morgan fingerprint density at radius 3 is 2.12 bits per heavy atom. The monoisotopic (exact) mass is 355 g/mol. The molecule has 0 spiro atoms. The minimum Gasteiger partial charge on any atom is -0.256 e. The third-order valence-electron chi connectivity index (χ3n) is 5.68. The number of pyridine rings is 1. The molecule has 0 radical (unpaired) electrons. The van der Waals surface area contributed by atoms with Crippen molar-refractivity contribution >= 4 is 10.0 Å². The Hall–Kier alpha value is -1.28. The zero-order valence-corrected chi connectivity index (χ0v) is 17.5. The highest BCUT2D eigenvalue weighted by molar-refractivity contribution is 8.32. The second-order valence-corrected chi connectivity index (χ2v) is 13.6. The summed E-state index contributed by atoms with van der Waals surface area (Å²) in [6.45, 7) is 9.03. The van der Waals surface area contributed by atoms with Crippen molar-refractivity contribution in [3.05, 3.63) is 53.2 Å². The smallest absolute Gasteiger partial charge is 0.0704 e. The molecule has 1 aliphatic rings. The number of benzene rings is 1. The van der Waals surface area contributed by atoms with Gasteiger partial charge in [0.1, 0.15) is 0 Å². The molecule has 1 nitrogen and oxygen atoms in total. The first kappa shape index (κ1) is 18.5. The lowest BCUT2D eigenvalue weighted by molar-refractivity contribution is 0.590. The number of nitrogens with zero attached hydrogens (tertiary/aromatic N) is 1. The maximum Gasteiger partial charge on any atom is 0.0704 e. The van der Waals surface area contributed by atoms with Crippen molar-refractivity contribution in [3.8, 4) is 11.3 Å². The van der Waals surface area contributed by atoms with E-state index in [0.29, 0.717) is 5.92 Å². The van der Waals surface area contributed by atoms with Crippen LogP contribution in [-0.4, -0.2) is 29.0 Å². The minimum atomic E-state index is -0.324. The van der Waals surface area contributed by atoms with E-state index < -0.39 is 0 Å². The second kappa shape index (κ2) is 6.79. The fraction of sp³-hybridized carbons (Fsp3) is 0.522. The average Bonchev–Trinajstić information content (AvgIpc) is 2.55. The van der Waals surface area contributed by atoms with Crippen molar-refractivity contribution in [3.63, 3.8) is 0 Å². The molecule has 0 amide bonds. The average molecular weight is 356 g/mol. The molecule has 25 heavy (non-hydrogen) atoms. The molecular formula is C23H33NS. The summed E-state index contributed by atoms with van der Waals surface area (Å²) in [7, 11) is -0.324. The lowest BCUT2D eigenvalue weighted by Crippen LogP contribution is -2.19. The van der Waals surface area contributed by atoms with Gasteiger partial charge in [-0.3, -0.25) is 4.98 Å². The molecule has 0 N–H and O–H groups in total. The summed E-state index contributed by atoms with van der Waals surface area (Å²) in [5.74, 6) is 3.53. The van der Waals surface area contributed by atoms with Gasteiger partial charge in [-0.05, 0) is 77.9 Å². The minimum absolute atomic E-state index is 0.197. The summed E-state index contributed by atoms with van der Waals surface area (Å²) >= 11 is 0. The van der Waals surface area contributed by atoms with Crippen molar-refractivity contribution in [2.75, 3.05) is 24.0 Å². The highest BCUT2D eigenvalue weighted by Crippen LogP contribution is 2.49. The Morgan fingerprint density at radius 1 is 1.00 bits per heavy atom. The molecule has 0 bridgehead atoms. The topological polar surface area (TPSA) is 12.9 Å². The molecule has 1 fully saturated rings. The first-order valence-electron chi connectivity index (χ1n) is 9.42. The van der Waals surface area contributed by atoms with E-state index in [4.69, 9.17) is 4.98 Å². The van der Waals surface area contributed by atoms with E-state index in [0.717, 1.165) is 5.69 Å². The Balaban J connectivity index is 1.80. The number of hydrogen-bond acceptors (Lipinski definition) is 1. The van der Waals surface area contributed by atoms with Crippen molar-refractivity contribution in [2.45, 2.75) is 51.9 Å². The molecule has 1 saturated heterocycles. The number of aryl methyl sites for hydroxylation is 1. The van der Waals surface area contributed by atoms with Crippen LogP contribution in [-0.2, 0) is 5.41 Å². The van der Waals surface area contributed by atoms with Gasteiger partial charge >= 0.3 is 0 Å². The zero-order valence-electron chi connectivity index (χ0n) is 16.7. The second-order valence-electron chi connectivity index (χ2n) is 9.20. The quantitative estimate of drug-likeness (QED) is 0.616. The fourth-order valence-corrected chi connectivity index (χ4v) is 5.82. The third kappa shape index (κ3) is 4.28. The van der Waals surface area contributed by atoms with E-state index in [1.54, 1.807) is 0 Å². The van der Waals surface area contributed by atoms with Gasteiger partial charge in [-0.2, -0.15) is 0 Å². The molecular weight excluding hydrogens is 322 g/mol. The molecule has 1 aliphatic heterocycles. The molecule has 1 aromatic heterocycles. The van der Waals surface area contributed by atoms with Gasteiger partial charge in [-0.25, -0.2) is 10.0 Å². The summed E-state index contributed by atoms with van der Waals surface area (Å²) in [6.07, 6.45) is 9.80. The van der Waals surface area contributed by atoms with Gasteiger partial charge in [0.25, 0.3) is 0 Å². The van der Waals surface area contributed by atoms with E-state index in [2.05, 4.69) is 76.7 Å². The summed E-state index contributed by atoms with van der Waals surface area (Å²) < 4.78 is 0. The van der Waals surface area contributed by atoms with Gasteiger partial charge in [0.05, 0.1) is 5.69 Å². The van der Waals surface area contributed by atoms with Crippen LogP contribution < -0.4 is 0 Å². The summed E-state index contributed by atoms with van der Waals surface area (Å²) in [5.41, 5.74) is 6.77. The van der Waals surface area contributed by atoms with Crippen LogP contribution in [0.3, 0.4) is 0 Å². The van der Waals surface area contributed by atoms with Crippen molar-refractivity contribution in [1.29, 1.82) is 0 Å². The molecule has 136 valence electrons. The number of hydrogen-bond donors (Lipinski definition) is 0. The molecule has 0 atom stereocenters. The van der Waals surface area contributed by atoms with Gasteiger partial charge in [0, 0.05) is 11.8 Å². The summed E-state index contributed by atoms with van der Waals surface area (Å²) in [4.78, 5) is 4.82. The fourth-order valence-electron chi connectivity index (χ4n) is 3.77. The summed E-state index contributed by atoms with van der Waals surface area (Å²) in [5, 5.41) is 0. The predicted molar refractivity (Wildman–Crippen MR) is 114 cm³/mol. The van der Waals surface area contributed by atoms with Crippen LogP contribution in [0.25, 0.3) is 11.3 Å². The number of rotatable bonds is 2. The molecule has 2 heterocycles. The highest BCUT2D eigenvalue weighted by atomic mass is 32.3. The van der Waals surface area contributed by atoms with Crippen molar-refractivity contribution in [1.82, 2.24) is 4.98 Å². The van der Waals surface area contributed by atoms with Crippen LogP contribution in [0.1, 0.15) is 56.2 Å². The molecule has 2 heteroatoms. The lowest BCUT2D eigenvalue weighted by atomic mass is 9.86. The zero-order chi connectivity index (χ0) is 18.2. The maximum absolute atomic E-state index is 4.82. The lowest BCUT2D eigenvalue weighted by Gasteiger charge is -2.39. The highest BCUT2D eigenvalue weighted by Gasteiger charge is 2.25. The van der Waals surface area contributed by atoms with Crippen LogP contribution in [0.4, 0.5) is 0 Å². The molecule has 1 aromatic carbocycles. The first-order chi connectivity index (χ1) is 11.7. The van der Waals surface area contributed by atoms with Crippen LogP contribution in [0.15, 0.2) is 36.5 Å². The maximum atomic E-state index is 4.82. The van der Waals surface area contributed by atoms with Crippen molar-refractivity contribution < 1.29 is 0 Å². The predicted octanol–water partition coefficient (Wildman–Crippen LogP) is 6.30. The van der Waals surface area contributed by atoms with Gasteiger partial charge < -0.3 is 0 Å². The molecule has 2 aromatic rings. The van der Waals surface area contributed by atoms with Crippen LogP contribution >= 0.6 is 10.0 Å². The standard InChI is InChI=1S/C23H33NS/c1-17-15-22(19-7-9-20(10-8-19)23(2,3)4)24-16-21(17)18-11-13-25(5,6)14-12-18/h7-10,15-16,18H,11-14H2,1-6H3. The van der Waals surface area contributed by atoms with Gasteiger partial charge in [-0.15, -0.1) is 0 Å². The number of aromatic nitrogens is 1. The molecule has 0 saturated carbocycles. The SMILES string of the molecule is Cc1cc(-c2ccc(C(C)(C)C)cc2)ncc1C1CCS(C)(C)CC1. The normalized spacial score (nSPS) is 19.6. The Kier molecular flexibility index (Phi) is 5.03. The van der Waals surface area contributed by atoms with E-state index in [1.807, 2.05) is 0 Å². The first-order valence-corrected chi connectivity index (χ1v) is 12.2. The Morgan fingerprint density at radius 2 is 1.60 bits per heavy atom. The van der Waals surface area contributed by atoms with Crippen LogP contribution in [0.5, 0.6) is 0 Å². The molecule has 0 unspecified atom stereocenters.